The van der Waals surface area contributed by atoms with E-state index in [0.717, 1.165) is 29.6 Å². The Morgan fingerprint density at radius 1 is 1.35 bits per heavy atom. The summed E-state index contributed by atoms with van der Waals surface area (Å²) in [4.78, 5) is 20.4. The zero-order chi connectivity index (χ0) is 14.5. The molecule has 0 unspecified atom stereocenters. The lowest BCUT2D eigenvalue weighted by molar-refractivity contribution is 0.0701. The number of aryl methyl sites for hydroxylation is 1. The van der Waals surface area contributed by atoms with Crippen LogP contribution in [0.3, 0.4) is 0 Å². The summed E-state index contributed by atoms with van der Waals surface area (Å²) >= 11 is 1.16. The molecule has 2 aromatic heterocycles. The van der Waals surface area contributed by atoms with Crippen LogP contribution >= 0.6 is 11.3 Å². The van der Waals surface area contributed by atoms with Crippen LogP contribution in [0.15, 0.2) is 6.33 Å². The molecule has 0 saturated heterocycles. The van der Waals surface area contributed by atoms with Gasteiger partial charge in [-0.05, 0) is 18.9 Å². The summed E-state index contributed by atoms with van der Waals surface area (Å²) in [6.07, 6.45) is 5.92. The van der Waals surface area contributed by atoms with Gasteiger partial charge in [-0.3, -0.25) is 0 Å². The van der Waals surface area contributed by atoms with Gasteiger partial charge in [0.1, 0.15) is 16.0 Å². The molecule has 20 heavy (non-hydrogen) atoms. The molecule has 0 radical (unpaired) electrons. The molecule has 0 aliphatic heterocycles. The van der Waals surface area contributed by atoms with Gasteiger partial charge in [-0.2, -0.15) is 0 Å². The summed E-state index contributed by atoms with van der Waals surface area (Å²) in [7, 11) is 0. The van der Waals surface area contributed by atoms with Crippen molar-refractivity contribution in [2.45, 2.75) is 39.5 Å². The Bertz CT molecular complexity index is 610. The maximum atomic E-state index is 11.2. The predicted octanol–water partition coefficient (Wildman–Crippen LogP) is 3.66. The molecule has 0 aliphatic carbocycles. The van der Waals surface area contributed by atoms with Gasteiger partial charge >= 0.3 is 5.97 Å². The maximum Gasteiger partial charge on any atom is 0.346 e. The SMILES string of the molecule is CCCCCCOc1ncnc2sc(C(=O)O)c(C)c12. The number of carboxylic acids is 1. The summed E-state index contributed by atoms with van der Waals surface area (Å²) in [6.45, 7) is 4.54. The lowest BCUT2D eigenvalue weighted by Gasteiger charge is -2.06. The van der Waals surface area contributed by atoms with E-state index in [9.17, 15) is 4.79 Å². The molecule has 0 atom stereocenters. The van der Waals surface area contributed by atoms with Crippen molar-refractivity contribution in [3.05, 3.63) is 16.8 Å². The highest BCUT2D eigenvalue weighted by molar-refractivity contribution is 7.20. The van der Waals surface area contributed by atoms with E-state index in [4.69, 9.17) is 9.84 Å². The quantitative estimate of drug-likeness (QED) is 0.789. The molecule has 5 nitrogen and oxygen atoms in total. The van der Waals surface area contributed by atoms with Crippen LogP contribution in [0.25, 0.3) is 10.2 Å². The molecule has 0 aromatic carbocycles. The first-order valence-electron chi connectivity index (χ1n) is 6.75. The second-order valence-corrected chi connectivity index (χ2v) is 5.63. The number of aromatic carboxylic acids is 1. The van der Waals surface area contributed by atoms with E-state index in [1.54, 1.807) is 6.92 Å². The molecule has 2 aromatic rings. The third-order valence-corrected chi connectivity index (χ3v) is 4.31. The van der Waals surface area contributed by atoms with Gasteiger partial charge in [0.15, 0.2) is 0 Å². The maximum absolute atomic E-state index is 11.2. The van der Waals surface area contributed by atoms with Crippen molar-refractivity contribution in [1.82, 2.24) is 9.97 Å². The van der Waals surface area contributed by atoms with E-state index in [1.165, 1.54) is 19.2 Å². The third kappa shape index (κ3) is 3.07. The Kier molecular flexibility index (Phi) is 4.89. The number of carboxylic acid groups (broad SMARTS) is 1. The third-order valence-electron chi connectivity index (χ3n) is 3.12. The Balaban J connectivity index is 2.19. The predicted molar refractivity (Wildman–Crippen MR) is 78.7 cm³/mol. The van der Waals surface area contributed by atoms with E-state index < -0.39 is 5.97 Å². The highest BCUT2D eigenvalue weighted by Gasteiger charge is 2.19. The number of nitrogens with zero attached hydrogens (tertiary/aromatic N) is 2. The van der Waals surface area contributed by atoms with E-state index in [1.807, 2.05) is 0 Å². The minimum absolute atomic E-state index is 0.302. The van der Waals surface area contributed by atoms with E-state index in [2.05, 4.69) is 16.9 Å². The van der Waals surface area contributed by atoms with Crippen LogP contribution in [-0.4, -0.2) is 27.7 Å². The first-order chi connectivity index (χ1) is 9.65. The Hall–Kier alpha value is -1.69. The number of hydrogen-bond donors (Lipinski definition) is 1. The average Bonchev–Trinajstić information content (AvgIpc) is 2.77. The zero-order valence-electron chi connectivity index (χ0n) is 11.7. The molecule has 0 aliphatic rings. The summed E-state index contributed by atoms with van der Waals surface area (Å²) in [5.74, 6) is -0.438. The molecule has 0 amide bonds. The van der Waals surface area contributed by atoms with Gasteiger partial charge in [0, 0.05) is 0 Å². The topological polar surface area (TPSA) is 72.3 Å². The molecule has 2 heterocycles. The standard InChI is InChI=1S/C14H18N2O3S/c1-3-4-5-6-7-19-12-10-9(2)11(14(17)18)20-13(10)16-8-15-12/h8H,3-7H2,1-2H3,(H,17,18). The normalized spacial score (nSPS) is 10.9. The van der Waals surface area contributed by atoms with E-state index in [0.29, 0.717) is 27.8 Å². The fourth-order valence-corrected chi connectivity index (χ4v) is 3.03. The molecular formula is C14H18N2O3S. The van der Waals surface area contributed by atoms with Gasteiger partial charge < -0.3 is 9.84 Å². The van der Waals surface area contributed by atoms with Crippen molar-refractivity contribution in [2.75, 3.05) is 6.61 Å². The highest BCUT2D eigenvalue weighted by atomic mass is 32.1. The Labute approximate surface area is 121 Å². The lowest BCUT2D eigenvalue weighted by atomic mass is 10.2. The van der Waals surface area contributed by atoms with Crippen molar-refractivity contribution in [2.24, 2.45) is 0 Å². The fraction of sp³-hybridized carbons (Fsp3) is 0.500. The number of unbranched alkanes of at least 4 members (excludes halogenated alkanes) is 3. The Morgan fingerprint density at radius 3 is 2.85 bits per heavy atom. The first kappa shape index (κ1) is 14.7. The van der Waals surface area contributed by atoms with Gasteiger partial charge in [0.2, 0.25) is 5.88 Å². The van der Waals surface area contributed by atoms with Gasteiger partial charge in [-0.25, -0.2) is 14.8 Å². The molecule has 0 fully saturated rings. The molecule has 1 N–H and O–H groups in total. The minimum Gasteiger partial charge on any atom is -0.477 e. The Morgan fingerprint density at radius 2 is 2.15 bits per heavy atom. The molecular weight excluding hydrogens is 276 g/mol. The number of rotatable bonds is 7. The fourth-order valence-electron chi connectivity index (χ4n) is 2.05. The van der Waals surface area contributed by atoms with Crippen molar-refractivity contribution in [3.63, 3.8) is 0 Å². The van der Waals surface area contributed by atoms with Crippen molar-refractivity contribution < 1.29 is 14.6 Å². The number of hydrogen-bond acceptors (Lipinski definition) is 5. The lowest BCUT2D eigenvalue weighted by Crippen LogP contribution is -2.00. The number of carbonyl (C=O) groups is 1. The second kappa shape index (κ2) is 6.65. The monoisotopic (exact) mass is 294 g/mol. The molecule has 0 spiro atoms. The van der Waals surface area contributed by atoms with Crippen LogP contribution in [0.1, 0.15) is 47.8 Å². The van der Waals surface area contributed by atoms with Gasteiger partial charge in [-0.15, -0.1) is 11.3 Å². The number of ether oxygens (including phenoxy) is 1. The van der Waals surface area contributed by atoms with Gasteiger partial charge in [0.25, 0.3) is 0 Å². The number of fused-ring (bicyclic) bond motifs is 1. The molecule has 0 bridgehead atoms. The van der Waals surface area contributed by atoms with Crippen LogP contribution in [0.2, 0.25) is 0 Å². The van der Waals surface area contributed by atoms with Gasteiger partial charge in [0.05, 0.1) is 12.0 Å². The summed E-state index contributed by atoms with van der Waals surface area (Å²) in [6, 6.07) is 0. The smallest absolute Gasteiger partial charge is 0.346 e. The summed E-state index contributed by atoms with van der Waals surface area (Å²) < 4.78 is 5.70. The van der Waals surface area contributed by atoms with E-state index in [-0.39, 0.29) is 0 Å². The summed E-state index contributed by atoms with van der Waals surface area (Å²) in [5, 5.41) is 9.88. The van der Waals surface area contributed by atoms with Crippen molar-refractivity contribution >= 4 is 27.5 Å². The van der Waals surface area contributed by atoms with E-state index >= 15 is 0 Å². The zero-order valence-corrected chi connectivity index (χ0v) is 12.5. The largest absolute Gasteiger partial charge is 0.477 e. The molecule has 0 saturated carbocycles. The van der Waals surface area contributed by atoms with Crippen molar-refractivity contribution in [1.29, 1.82) is 0 Å². The molecule has 108 valence electrons. The van der Waals surface area contributed by atoms with Crippen LogP contribution in [-0.2, 0) is 0 Å². The minimum atomic E-state index is -0.931. The molecule has 2 rings (SSSR count). The van der Waals surface area contributed by atoms with Crippen LogP contribution < -0.4 is 4.74 Å². The number of aromatic nitrogens is 2. The average molecular weight is 294 g/mol. The van der Waals surface area contributed by atoms with Crippen LogP contribution in [0, 0.1) is 6.92 Å². The second-order valence-electron chi connectivity index (χ2n) is 4.63. The molecule has 6 heteroatoms. The summed E-state index contributed by atoms with van der Waals surface area (Å²) in [5.41, 5.74) is 0.682. The van der Waals surface area contributed by atoms with Crippen LogP contribution in [0.5, 0.6) is 5.88 Å². The first-order valence-corrected chi connectivity index (χ1v) is 7.57. The number of thiophene rings is 1. The van der Waals surface area contributed by atoms with Crippen molar-refractivity contribution in [3.8, 4) is 5.88 Å². The van der Waals surface area contributed by atoms with Crippen LogP contribution in [0.4, 0.5) is 0 Å². The van der Waals surface area contributed by atoms with Gasteiger partial charge in [-0.1, -0.05) is 26.2 Å². The highest BCUT2D eigenvalue weighted by Crippen LogP contribution is 2.34.